The minimum Gasteiger partial charge on any atom is -0.504 e. The number of benzene rings is 2. The number of ether oxygens (including phenoxy) is 1. The van der Waals surface area contributed by atoms with Crippen LogP contribution in [-0.2, 0) is 16.0 Å². The first kappa shape index (κ1) is 19.9. The van der Waals surface area contributed by atoms with E-state index in [9.17, 15) is 14.7 Å². The van der Waals surface area contributed by atoms with E-state index in [0.29, 0.717) is 22.8 Å². The standard InChI is InChI=1S/C20H18N2O4S2/c1-2-26-16-10-14(8-9-15(16)23)11-17-19(25)22(20(27)28-17)21-18(24)12-13-6-4-3-5-7-13/h3-11,23H,2,12H2,1H3,(H,21,24). The number of rotatable bonds is 6. The molecule has 2 N–H and O–H groups in total. The molecule has 0 aliphatic carbocycles. The van der Waals surface area contributed by atoms with Crippen LogP contribution in [0, 0.1) is 0 Å². The maximum Gasteiger partial charge on any atom is 0.285 e. The van der Waals surface area contributed by atoms with Gasteiger partial charge < -0.3 is 9.84 Å². The number of nitrogens with one attached hydrogen (secondary N) is 1. The minimum atomic E-state index is -0.401. The molecule has 0 spiro atoms. The number of aromatic hydroxyl groups is 1. The molecule has 0 atom stereocenters. The van der Waals surface area contributed by atoms with Crippen LogP contribution in [0.2, 0.25) is 0 Å². The van der Waals surface area contributed by atoms with Crippen molar-refractivity contribution in [2.45, 2.75) is 13.3 Å². The summed E-state index contributed by atoms with van der Waals surface area (Å²) in [6.45, 7) is 2.22. The van der Waals surface area contributed by atoms with Gasteiger partial charge in [0.2, 0.25) is 5.91 Å². The van der Waals surface area contributed by atoms with Crippen LogP contribution < -0.4 is 10.2 Å². The Bertz CT molecular complexity index is 944. The molecule has 1 saturated heterocycles. The second kappa shape index (κ2) is 8.90. The van der Waals surface area contributed by atoms with Crippen LogP contribution in [0.4, 0.5) is 0 Å². The molecule has 1 aliphatic rings. The highest BCUT2D eigenvalue weighted by molar-refractivity contribution is 8.26. The largest absolute Gasteiger partial charge is 0.504 e. The number of carbonyl (C=O) groups excluding carboxylic acids is 2. The summed E-state index contributed by atoms with van der Waals surface area (Å²) in [6, 6.07) is 14.0. The first-order valence-corrected chi connectivity index (χ1v) is 9.77. The zero-order valence-corrected chi connectivity index (χ0v) is 16.7. The molecule has 1 heterocycles. The van der Waals surface area contributed by atoms with Crippen molar-refractivity contribution in [1.29, 1.82) is 0 Å². The molecule has 0 bridgehead atoms. The Balaban J connectivity index is 1.71. The van der Waals surface area contributed by atoms with Crippen LogP contribution in [0.15, 0.2) is 53.4 Å². The number of hydrogen-bond donors (Lipinski definition) is 2. The summed E-state index contributed by atoms with van der Waals surface area (Å²) >= 11 is 6.33. The van der Waals surface area contributed by atoms with Crippen molar-refractivity contribution in [2.24, 2.45) is 0 Å². The van der Waals surface area contributed by atoms with Crippen LogP contribution in [0.3, 0.4) is 0 Å². The molecular formula is C20H18N2O4S2. The van der Waals surface area contributed by atoms with Crippen LogP contribution in [0.5, 0.6) is 11.5 Å². The predicted octanol–water partition coefficient (Wildman–Crippen LogP) is 3.27. The second-order valence-corrected chi connectivity index (χ2v) is 7.55. The van der Waals surface area contributed by atoms with Crippen LogP contribution in [0.25, 0.3) is 6.08 Å². The van der Waals surface area contributed by atoms with Gasteiger partial charge in [-0.05, 0) is 48.5 Å². The van der Waals surface area contributed by atoms with Gasteiger partial charge in [0.05, 0.1) is 17.9 Å². The van der Waals surface area contributed by atoms with E-state index in [1.807, 2.05) is 37.3 Å². The number of amides is 2. The highest BCUT2D eigenvalue weighted by atomic mass is 32.2. The van der Waals surface area contributed by atoms with Gasteiger partial charge in [-0.2, -0.15) is 5.01 Å². The van der Waals surface area contributed by atoms with Crippen molar-refractivity contribution < 1.29 is 19.4 Å². The molecule has 0 saturated carbocycles. The smallest absolute Gasteiger partial charge is 0.285 e. The number of thiocarbonyl (C=S) groups is 1. The Kier molecular flexibility index (Phi) is 6.33. The third kappa shape index (κ3) is 4.71. The fourth-order valence-corrected chi connectivity index (χ4v) is 3.73. The highest BCUT2D eigenvalue weighted by Crippen LogP contribution is 2.33. The van der Waals surface area contributed by atoms with Crippen molar-refractivity contribution in [2.75, 3.05) is 6.61 Å². The lowest BCUT2D eigenvalue weighted by molar-refractivity contribution is -0.132. The Hall–Kier alpha value is -2.84. The molecule has 6 nitrogen and oxygen atoms in total. The number of hydrogen-bond acceptors (Lipinski definition) is 6. The van der Waals surface area contributed by atoms with Gasteiger partial charge in [0, 0.05) is 0 Å². The summed E-state index contributed by atoms with van der Waals surface area (Å²) in [5.74, 6) is -0.364. The lowest BCUT2D eigenvalue weighted by atomic mass is 10.1. The number of carbonyl (C=O) groups is 2. The van der Waals surface area contributed by atoms with Gasteiger partial charge in [0.1, 0.15) is 0 Å². The summed E-state index contributed by atoms with van der Waals surface area (Å²) in [4.78, 5) is 25.3. The number of phenolic OH excluding ortho intramolecular Hbond substituents is 1. The van der Waals surface area contributed by atoms with Crippen molar-refractivity contribution in [3.05, 3.63) is 64.6 Å². The summed E-state index contributed by atoms with van der Waals surface area (Å²) in [5, 5.41) is 10.9. The van der Waals surface area contributed by atoms with Crippen molar-refractivity contribution in [3.63, 3.8) is 0 Å². The SMILES string of the molecule is CCOc1cc(C=C2SC(=S)N(NC(=O)Cc3ccccc3)C2=O)ccc1O. The highest BCUT2D eigenvalue weighted by Gasteiger charge is 2.33. The molecule has 1 aliphatic heterocycles. The molecule has 0 unspecified atom stereocenters. The Morgan fingerprint density at radius 3 is 2.75 bits per heavy atom. The molecule has 1 fully saturated rings. The van der Waals surface area contributed by atoms with Crippen molar-refractivity contribution in [3.8, 4) is 11.5 Å². The van der Waals surface area contributed by atoms with Crippen molar-refractivity contribution >= 4 is 46.2 Å². The van der Waals surface area contributed by atoms with E-state index in [1.54, 1.807) is 18.2 Å². The average Bonchev–Trinajstić information content (AvgIpc) is 2.93. The predicted molar refractivity (Wildman–Crippen MR) is 113 cm³/mol. The van der Waals surface area contributed by atoms with Gasteiger partial charge in [0.25, 0.3) is 5.91 Å². The van der Waals surface area contributed by atoms with E-state index >= 15 is 0 Å². The summed E-state index contributed by atoms with van der Waals surface area (Å²) in [5.41, 5.74) is 4.08. The maximum absolute atomic E-state index is 12.6. The Morgan fingerprint density at radius 2 is 2.04 bits per heavy atom. The first-order chi connectivity index (χ1) is 13.5. The normalized spacial score (nSPS) is 15.2. The molecule has 0 radical (unpaired) electrons. The summed E-state index contributed by atoms with van der Waals surface area (Å²) < 4.78 is 5.61. The van der Waals surface area contributed by atoms with E-state index < -0.39 is 5.91 Å². The van der Waals surface area contributed by atoms with E-state index in [2.05, 4.69) is 5.43 Å². The zero-order chi connectivity index (χ0) is 20.1. The molecular weight excluding hydrogens is 396 g/mol. The van der Waals surface area contributed by atoms with E-state index in [1.165, 1.54) is 6.07 Å². The molecule has 2 aromatic rings. The van der Waals surface area contributed by atoms with Gasteiger partial charge in [-0.1, -0.05) is 48.2 Å². The van der Waals surface area contributed by atoms with Gasteiger partial charge in [-0.3, -0.25) is 15.0 Å². The zero-order valence-electron chi connectivity index (χ0n) is 15.0. The number of thioether (sulfide) groups is 1. The fourth-order valence-electron chi connectivity index (χ4n) is 2.55. The maximum atomic E-state index is 12.6. The van der Waals surface area contributed by atoms with Crippen LogP contribution >= 0.6 is 24.0 Å². The van der Waals surface area contributed by atoms with Crippen LogP contribution in [-0.4, -0.2) is 32.9 Å². The molecule has 144 valence electrons. The third-order valence-corrected chi connectivity index (χ3v) is 5.12. The number of hydrazine groups is 1. The average molecular weight is 415 g/mol. The lowest BCUT2D eigenvalue weighted by Gasteiger charge is -2.15. The van der Waals surface area contributed by atoms with Gasteiger partial charge in [-0.25, -0.2) is 0 Å². The van der Waals surface area contributed by atoms with Gasteiger partial charge >= 0.3 is 0 Å². The summed E-state index contributed by atoms with van der Waals surface area (Å²) in [6.07, 6.45) is 1.79. The lowest BCUT2D eigenvalue weighted by Crippen LogP contribution is -2.45. The molecule has 28 heavy (non-hydrogen) atoms. The van der Waals surface area contributed by atoms with Gasteiger partial charge in [0.15, 0.2) is 15.8 Å². The molecule has 2 aromatic carbocycles. The second-order valence-electron chi connectivity index (χ2n) is 5.87. The van der Waals surface area contributed by atoms with Gasteiger partial charge in [-0.15, -0.1) is 0 Å². The van der Waals surface area contributed by atoms with E-state index in [4.69, 9.17) is 17.0 Å². The van der Waals surface area contributed by atoms with E-state index in [-0.39, 0.29) is 22.4 Å². The van der Waals surface area contributed by atoms with Crippen molar-refractivity contribution in [1.82, 2.24) is 10.4 Å². The van der Waals surface area contributed by atoms with E-state index in [0.717, 1.165) is 22.3 Å². The first-order valence-electron chi connectivity index (χ1n) is 8.55. The molecule has 0 aromatic heterocycles. The Morgan fingerprint density at radius 1 is 1.29 bits per heavy atom. The number of phenols is 1. The molecule has 3 rings (SSSR count). The monoisotopic (exact) mass is 414 g/mol. The summed E-state index contributed by atoms with van der Waals surface area (Å²) in [7, 11) is 0. The quantitative estimate of drug-likeness (QED) is 0.558. The molecule has 8 heteroatoms. The minimum absolute atomic E-state index is 0.0275. The molecule has 2 amide bonds. The number of nitrogens with zero attached hydrogens (tertiary/aromatic N) is 1. The Labute approximate surface area is 172 Å². The third-order valence-electron chi connectivity index (χ3n) is 3.82. The topological polar surface area (TPSA) is 78.9 Å². The van der Waals surface area contributed by atoms with Crippen LogP contribution in [0.1, 0.15) is 18.1 Å². The fraction of sp³-hybridized carbons (Fsp3) is 0.150.